The Kier molecular flexibility index (Phi) is 5.58. The molecule has 0 saturated carbocycles. The van der Waals surface area contributed by atoms with Gasteiger partial charge in [-0.2, -0.15) is 0 Å². The Hall–Kier alpha value is -2.96. The van der Waals surface area contributed by atoms with Gasteiger partial charge in [-0.25, -0.2) is 14.3 Å². The molecule has 0 fully saturated rings. The zero-order valence-corrected chi connectivity index (χ0v) is 18.8. The Balaban J connectivity index is 2.37. The number of fused-ring (bicyclic) bond motifs is 1. The van der Waals surface area contributed by atoms with Crippen molar-refractivity contribution in [3.05, 3.63) is 56.5 Å². The highest BCUT2D eigenvalue weighted by Gasteiger charge is 2.25. The van der Waals surface area contributed by atoms with Crippen LogP contribution in [-0.2, 0) is 17.9 Å². The lowest BCUT2D eigenvalue weighted by Gasteiger charge is -2.18. The molecule has 2 heterocycles. The van der Waals surface area contributed by atoms with Crippen molar-refractivity contribution in [3.63, 3.8) is 0 Å². The zero-order chi connectivity index (χ0) is 22.4. The third-order valence-corrected chi connectivity index (χ3v) is 5.19. The molecule has 160 valence electrons. The first kappa shape index (κ1) is 21.7. The first-order chi connectivity index (χ1) is 13.9. The van der Waals surface area contributed by atoms with E-state index in [1.54, 1.807) is 4.57 Å². The van der Waals surface area contributed by atoms with Crippen LogP contribution in [0, 0.1) is 25.2 Å². The monoisotopic (exact) mass is 410 g/mol. The summed E-state index contributed by atoms with van der Waals surface area (Å²) in [7, 11) is 0. The fourth-order valence-corrected chi connectivity index (χ4v) is 3.49. The molecular weight excluding hydrogens is 380 g/mol. The van der Waals surface area contributed by atoms with Gasteiger partial charge in [-0.3, -0.25) is 14.2 Å². The average Bonchev–Trinajstić information content (AvgIpc) is 3.03. The predicted molar refractivity (Wildman–Crippen MR) is 118 cm³/mol. The van der Waals surface area contributed by atoms with E-state index >= 15 is 0 Å². The molecule has 0 bridgehead atoms. The lowest BCUT2D eigenvalue weighted by molar-refractivity contribution is -0.126. The molecule has 2 aromatic heterocycles. The van der Waals surface area contributed by atoms with Crippen molar-refractivity contribution in [1.29, 1.82) is 0 Å². The molecule has 3 aromatic rings. The van der Waals surface area contributed by atoms with Crippen LogP contribution in [0.1, 0.15) is 45.7 Å². The van der Waals surface area contributed by atoms with Gasteiger partial charge in [0.15, 0.2) is 16.9 Å². The van der Waals surface area contributed by atoms with Crippen molar-refractivity contribution < 1.29 is 4.79 Å². The van der Waals surface area contributed by atoms with Crippen LogP contribution in [0.4, 0.5) is 0 Å². The van der Waals surface area contributed by atoms with Gasteiger partial charge in [0.25, 0.3) is 5.56 Å². The van der Waals surface area contributed by atoms with Crippen LogP contribution in [0.2, 0.25) is 0 Å². The summed E-state index contributed by atoms with van der Waals surface area (Å²) in [6.07, 6.45) is 1.48. The van der Waals surface area contributed by atoms with Crippen LogP contribution in [0.5, 0.6) is 0 Å². The highest BCUT2D eigenvalue weighted by Crippen LogP contribution is 2.20. The van der Waals surface area contributed by atoms with Gasteiger partial charge in [0, 0.05) is 12.0 Å². The molecule has 0 aliphatic rings. The summed E-state index contributed by atoms with van der Waals surface area (Å²) in [4.78, 5) is 43.7. The van der Waals surface area contributed by atoms with E-state index in [0.29, 0.717) is 5.69 Å². The van der Waals surface area contributed by atoms with Gasteiger partial charge in [0.1, 0.15) is 0 Å². The average molecular weight is 411 g/mol. The fraction of sp³-hybridized carbons (Fsp3) is 0.478. The van der Waals surface area contributed by atoms with Crippen molar-refractivity contribution in [1.82, 2.24) is 18.7 Å². The van der Waals surface area contributed by atoms with E-state index in [4.69, 9.17) is 0 Å². The summed E-state index contributed by atoms with van der Waals surface area (Å²) < 4.78 is 4.32. The van der Waals surface area contributed by atoms with Gasteiger partial charge < -0.3 is 4.57 Å². The molecule has 3 rings (SSSR count). The molecule has 0 amide bonds. The normalized spacial score (nSPS) is 12.1. The molecule has 0 N–H and O–H groups in total. The Bertz CT molecular complexity index is 1240. The van der Waals surface area contributed by atoms with Crippen LogP contribution < -0.4 is 11.2 Å². The SMILES string of the molecule is Cc1ccc(-n2c(=O)n(CC(C)C)c(=O)c3c2ncn3CC(=O)C(C)(C)C)c(C)c1. The Morgan fingerprint density at radius 3 is 2.37 bits per heavy atom. The number of carbonyl (C=O) groups is 1. The number of carbonyl (C=O) groups excluding carboxylic acids is 1. The minimum absolute atomic E-state index is 0.0131. The smallest absolute Gasteiger partial charge is 0.317 e. The molecule has 0 saturated heterocycles. The lowest BCUT2D eigenvalue weighted by atomic mass is 9.91. The number of benzene rings is 1. The molecular formula is C23H30N4O3. The van der Waals surface area contributed by atoms with Gasteiger partial charge in [-0.15, -0.1) is 0 Å². The minimum Gasteiger partial charge on any atom is -0.317 e. The maximum absolute atomic E-state index is 13.4. The summed E-state index contributed by atoms with van der Waals surface area (Å²) in [6.45, 7) is 13.7. The molecule has 0 aliphatic carbocycles. The molecule has 0 radical (unpaired) electrons. The molecule has 0 atom stereocenters. The van der Waals surface area contributed by atoms with E-state index in [0.717, 1.165) is 11.1 Å². The van der Waals surface area contributed by atoms with Crippen LogP contribution in [0.15, 0.2) is 34.1 Å². The number of nitrogens with zero attached hydrogens (tertiary/aromatic N) is 4. The van der Waals surface area contributed by atoms with Gasteiger partial charge in [-0.05, 0) is 31.4 Å². The second-order valence-corrected chi connectivity index (χ2v) is 9.44. The summed E-state index contributed by atoms with van der Waals surface area (Å²) >= 11 is 0. The van der Waals surface area contributed by atoms with Gasteiger partial charge in [-0.1, -0.05) is 52.3 Å². The number of rotatable bonds is 5. The second-order valence-electron chi connectivity index (χ2n) is 9.44. The number of aryl methyl sites for hydroxylation is 2. The van der Waals surface area contributed by atoms with Crippen molar-refractivity contribution in [3.8, 4) is 5.69 Å². The first-order valence-corrected chi connectivity index (χ1v) is 10.2. The van der Waals surface area contributed by atoms with Crippen molar-refractivity contribution in [2.24, 2.45) is 11.3 Å². The molecule has 0 unspecified atom stereocenters. The van der Waals surface area contributed by atoms with Gasteiger partial charge in [0.05, 0.1) is 18.6 Å². The molecule has 30 heavy (non-hydrogen) atoms. The number of hydrogen-bond acceptors (Lipinski definition) is 4. The predicted octanol–water partition coefficient (Wildman–Crippen LogP) is 3.24. The summed E-state index contributed by atoms with van der Waals surface area (Å²) in [5, 5.41) is 0. The van der Waals surface area contributed by atoms with Crippen molar-refractivity contribution in [2.75, 3.05) is 0 Å². The maximum Gasteiger partial charge on any atom is 0.337 e. The van der Waals surface area contributed by atoms with E-state index in [1.807, 2.05) is 66.7 Å². The number of ketones is 1. The second kappa shape index (κ2) is 7.70. The van der Waals surface area contributed by atoms with Gasteiger partial charge >= 0.3 is 5.69 Å². The molecule has 7 nitrogen and oxygen atoms in total. The third kappa shape index (κ3) is 3.88. The van der Waals surface area contributed by atoms with Gasteiger partial charge in [0.2, 0.25) is 0 Å². The van der Waals surface area contributed by atoms with E-state index in [1.165, 1.54) is 15.5 Å². The number of hydrogen-bond donors (Lipinski definition) is 0. The number of imidazole rings is 1. The van der Waals surface area contributed by atoms with Crippen LogP contribution >= 0.6 is 0 Å². The molecule has 0 aliphatic heterocycles. The minimum atomic E-state index is -0.546. The number of aromatic nitrogens is 4. The Labute approximate surface area is 176 Å². The van der Waals surface area contributed by atoms with Crippen LogP contribution in [-0.4, -0.2) is 24.5 Å². The summed E-state index contributed by atoms with van der Waals surface area (Å²) in [6, 6.07) is 5.79. The maximum atomic E-state index is 13.4. The number of Topliss-reactive ketones (excluding diaryl/α,β-unsaturated/α-hetero) is 1. The van der Waals surface area contributed by atoms with E-state index in [9.17, 15) is 14.4 Å². The highest BCUT2D eigenvalue weighted by atomic mass is 16.2. The van der Waals surface area contributed by atoms with Crippen LogP contribution in [0.25, 0.3) is 16.9 Å². The fourth-order valence-electron chi connectivity index (χ4n) is 3.49. The zero-order valence-electron chi connectivity index (χ0n) is 18.8. The third-order valence-electron chi connectivity index (χ3n) is 5.19. The van der Waals surface area contributed by atoms with Crippen molar-refractivity contribution in [2.45, 2.75) is 61.6 Å². The van der Waals surface area contributed by atoms with Crippen LogP contribution in [0.3, 0.4) is 0 Å². The first-order valence-electron chi connectivity index (χ1n) is 10.2. The highest BCUT2D eigenvalue weighted by molar-refractivity contribution is 5.85. The standard InChI is InChI=1S/C23H30N4O3/c1-14(2)11-26-21(29)19-20(24-13-25(19)12-18(28)23(5,6)7)27(22(26)30)17-9-8-15(3)10-16(17)4/h8-10,13-14H,11-12H2,1-7H3. The summed E-state index contributed by atoms with van der Waals surface area (Å²) in [5.74, 6) is 0.0915. The molecule has 7 heteroatoms. The Morgan fingerprint density at radius 2 is 1.80 bits per heavy atom. The van der Waals surface area contributed by atoms with E-state index < -0.39 is 16.7 Å². The summed E-state index contributed by atoms with van der Waals surface area (Å²) in [5.41, 5.74) is 1.84. The lowest BCUT2D eigenvalue weighted by Crippen LogP contribution is -2.41. The topological polar surface area (TPSA) is 78.9 Å². The van der Waals surface area contributed by atoms with Crippen molar-refractivity contribution >= 4 is 16.9 Å². The quantitative estimate of drug-likeness (QED) is 0.647. The van der Waals surface area contributed by atoms with E-state index in [-0.39, 0.29) is 36.0 Å². The Morgan fingerprint density at radius 1 is 1.13 bits per heavy atom. The largest absolute Gasteiger partial charge is 0.337 e. The molecule has 0 spiro atoms. The van der Waals surface area contributed by atoms with E-state index in [2.05, 4.69) is 4.98 Å². The molecule has 1 aromatic carbocycles.